The number of nitrogens with one attached hydrogen (secondary N) is 1. The van der Waals surface area contributed by atoms with Crippen molar-refractivity contribution in [1.82, 2.24) is 0 Å². The fraction of sp³-hybridized carbons (Fsp3) is 0.125. The van der Waals surface area contributed by atoms with Crippen LogP contribution in [0.25, 0.3) is 0 Å². The maximum Gasteiger partial charge on any atom is 0.416 e. The van der Waals surface area contributed by atoms with Gasteiger partial charge >= 0.3 is 6.18 Å². The minimum atomic E-state index is -4.33. The lowest BCUT2D eigenvalue weighted by Gasteiger charge is -2.08. The fourth-order valence-corrected chi connectivity index (χ4v) is 1.62. The third-order valence-corrected chi connectivity index (χ3v) is 2.58. The van der Waals surface area contributed by atoms with E-state index in [4.69, 9.17) is 0 Å². The van der Waals surface area contributed by atoms with E-state index in [0.717, 1.165) is 17.7 Å². The van der Waals surface area contributed by atoms with E-state index in [1.54, 1.807) is 6.07 Å². The molecule has 0 atom stereocenters. The molecular formula is C16H12F3N. The Bertz CT molecular complexity index is 621. The number of hydrogen-bond acceptors (Lipinski definition) is 1. The van der Waals surface area contributed by atoms with Gasteiger partial charge < -0.3 is 5.32 Å². The Morgan fingerprint density at radius 1 is 0.950 bits per heavy atom. The highest BCUT2D eigenvalue weighted by Gasteiger charge is 2.30. The number of rotatable bonds is 2. The van der Waals surface area contributed by atoms with E-state index in [1.807, 2.05) is 30.3 Å². The van der Waals surface area contributed by atoms with Crippen LogP contribution in [0, 0.1) is 11.8 Å². The average molecular weight is 275 g/mol. The van der Waals surface area contributed by atoms with Gasteiger partial charge in [0.25, 0.3) is 0 Å². The normalized spacial score (nSPS) is 10.6. The summed E-state index contributed by atoms with van der Waals surface area (Å²) in [6, 6.07) is 14.5. The van der Waals surface area contributed by atoms with Crippen molar-refractivity contribution in [2.45, 2.75) is 6.18 Å². The molecule has 0 aliphatic rings. The zero-order valence-electron chi connectivity index (χ0n) is 10.5. The summed E-state index contributed by atoms with van der Waals surface area (Å²) in [7, 11) is 0. The number of anilines is 1. The van der Waals surface area contributed by atoms with E-state index >= 15 is 0 Å². The molecule has 0 spiro atoms. The second-order valence-corrected chi connectivity index (χ2v) is 4.10. The number of halogens is 3. The Balaban J connectivity index is 1.97. The molecule has 2 aromatic rings. The smallest absolute Gasteiger partial charge is 0.374 e. The molecule has 0 aliphatic heterocycles. The van der Waals surface area contributed by atoms with Crippen molar-refractivity contribution in [2.24, 2.45) is 0 Å². The quantitative estimate of drug-likeness (QED) is 0.811. The highest BCUT2D eigenvalue weighted by atomic mass is 19.4. The minimum absolute atomic E-state index is 0.288. The SMILES string of the molecule is FC(F)(F)c1cccc(NCC#Cc2ccccc2)c1. The largest absolute Gasteiger partial charge is 0.416 e. The highest BCUT2D eigenvalue weighted by molar-refractivity contribution is 5.47. The molecule has 0 amide bonds. The van der Waals surface area contributed by atoms with Crippen LogP contribution in [0.2, 0.25) is 0 Å². The van der Waals surface area contributed by atoms with Crippen LogP contribution in [0.3, 0.4) is 0 Å². The first-order valence-corrected chi connectivity index (χ1v) is 6.01. The van der Waals surface area contributed by atoms with E-state index in [2.05, 4.69) is 17.2 Å². The second kappa shape index (κ2) is 6.16. The van der Waals surface area contributed by atoms with Gasteiger partial charge in [0, 0.05) is 11.3 Å². The van der Waals surface area contributed by atoms with Gasteiger partial charge in [-0.25, -0.2) is 0 Å². The Kier molecular flexibility index (Phi) is 4.31. The van der Waals surface area contributed by atoms with Crippen LogP contribution < -0.4 is 5.32 Å². The molecule has 1 N–H and O–H groups in total. The molecule has 2 rings (SSSR count). The van der Waals surface area contributed by atoms with Gasteiger partial charge in [-0.1, -0.05) is 36.1 Å². The summed E-state index contributed by atoms with van der Waals surface area (Å²) >= 11 is 0. The van der Waals surface area contributed by atoms with Crippen LogP contribution in [-0.4, -0.2) is 6.54 Å². The zero-order valence-corrected chi connectivity index (χ0v) is 10.5. The van der Waals surface area contributed by atoms with Crippen molar-refractivity contribution >= 4 is 5.69 Å². The van der Waals surface area contributed by atoms with E-state index in [1.165, 1.54) is 6.07 Å². The molecule has 0 unspecified atom stereocenters. The van der Waals surface area contributed by atoms with E-state index in [-0.39, 0.29) is 6.54 Å². The molecule has 0 radical (unpaired) electrons. The van der Waals surface area contributed by atoms with Crippen molar-refractivity contribution < 1.29 is 13.2 Å². The van der Waals surface area contributed by atoms with Gasteiger partial charge in [-0.2, -0.15) is 13.2 Å². The molecule has 20 heavy (non-hydrogen) atoms. The summed E-state index contributed by atoms with van der Waals surface area (Å²) in [4.78, 5) is 0. The van der Waals surface area contributed by atoms with E-state index in [0.29, 0.717) is 5.69 Å². The lowest BCUT2D eigenvalue weighted by molar-refractivity contribution is -0.137. The number of alkyl halides is 3. The maximum atomic E-state index is 12.5. The predicted molar refractivity (Wildman–Crippen MR) is 73.3 cm³/mol. The molecule has 2 aromatic carbocycles. The first kappa shape index (κ1) is 14.0. The van der Waals surface area contributed by atoms with Crippen LogP contribution in [0.5, 0.6) is 0 Å². The molecule has 0 heterocycles. The zero-order chi connectivity index (χ0) is 14.4. The maximum absolute atomic E-state index is 12.5. The lowest BCUT2D eigenvalue weighted by Crippen LogP contribution is -2.06. The molecule has 0 aromatic heterocycles. The van der Waals surface area contributed by atoms with Gasteiger partial charge in [-0.3, -0.25) is 0 Å². The van der Waals surface area contributed by atoms with Crippen molar-refractivity contribution in [3.8, 4) is 11.8 Å². The fourth-order valence-electron chi connectivity index (χ4n) is 1.62. The Morgan fingerprint density at radius 3 is 2.40 bits per heavy atom. The average Bonchev–Trinajstić information content (AvgIpc) is 2.44. The molecule has 1 nitrogen and oxygen atoms in total. The van der Waals surface area contributed by atoms with E-state index < -0.39 is 11.7 Å². The van der Waals surface area contributed by atoms with Crippen LogP contribution in [0.15, 0.2) is 54.6 Å². The molecule has 0 bridgehead atoms. The molecular weight excluding hydrogens is 263 g/mol. The van der Waals surface area contributed by atoms with Crippen LogP contribution in [0.1, 0.15) is 11.1 Å². The Labute approximate surface area is 115 Å². The highest BCUT2D eigenvalue weighted by Crippen LogP contribution is 2.30. The first-order valence-electron chi connectivity index (χ1n) is 6.01. The number of hydrogen-bond donors (Lipinski definition) is 1. The van der Waals surface area contributed by atoms with Crippen molar-refractivity contribution in [2.75, 3.05) is 11.9 Å². The molecule has 0 aliphatic carbocycles. The summed E-state index contributed by atoms with van der Waals surface area (Å²) in [5.74, 6) is 5.79. The summed E-state index contributed by atoms with van der Waals surface area (Å²) in [6.07, 6.45) is -4.33. The van der Waals surface area contributed by atoms with Gasteiger partial charge in [-0.15, -0.1) is 0 Å². The van der Waals surface area contributed by atoms with Gasteiger partial charge in [0.15, 0.2) is 0 Å². The Hall–Kier alpha value is -2.41. The van der Waals surface area contributed by atoms with Crippen molar-refractivity contribution in [1.29, 1.82) is 0 Å². The van der Waals surface area contributed by atoms with Gasteiger partial charge in [0.2, 0.25) is 0 Å². The molecule has 0 saturated carbocycles. The monoisotopic (exact) mass is 275 g/mol. The van der Waals surface area contributed by atoms with Crippen LogP contribution in [0.4, 0.5) is 18.9 Å². The lowest BCUT2D eigenvalue weighted by atomic mass is 10.2. The van der Waals surface area contributed by atoms with Crippen LogP contribution in [-0.2, 0) is 6.18 Å². The molecule has 0 fully saturated rings. The molecule has 102 valence electrons. The summed E-state index contributed by atoms with van der Waals surface area (Å²) in [6.45, 7) is 0.288. The summed E-state index contributed by atoms with van der Waals surface area (Å²) < 4.78 is 37.6. The minimum Gasteiger partial charge on any atom is -0.374 e. The first-order chi connectivity index (χ1) is 9.55. The summed E-state index contributed by atoms with van der Waals surface area (Å²) in [5, 5.41) is 2.85. The van der Waals surface area contributed by atoms with Crippen LogP contribution >= 0.6 is 0 Å². The van der Waals surface area contributed by atoms with Gasteiger partial charge in [0.1, 0.15) is 0 Å². The van der Waals surface area contributed by atoms with E-state index in [9.17, 15) is 13.2 Å². The Morgan fingerprint density at radius 2 is 1.70 bits per heavy atom. The second-order valence-electron chi connectivity index (χ2n) is 4.10. The van der Waals surface area contributed by atoms with Gasteiger partial charge in [0.05, 0.1) is 12.1 Å². The third kappa shape index (κ3) is 4.06. The van der Waals surface area contributed by atoms with Crippen molar-refractivity contribution in [3.05, 3.63) is 65.7 Å². The van der Waals surface area contributed by atoms with Crippen molar-refractivity contribution in [3.63, 3.8) is 0 Å². The standard InChI is InChI=1S/C16H12F3N/c17-16(18,19)14-9-4-10-15(12-14)20-11-5-8-13-6-2-1-3-7-13/h1-4,6-7,9-10,12,20H,11H2. The predicted octanol–water partition coefficient (Wildman–Crippen LogP) is 4.17. The summed E-state index contributed by atoms with van der Waals surface area (Å²) in [5.41, 5.74) is 0.610. The molecule has 4 heteroatoms. The topological polar surface area (TPSA) is 12.0 Å². The number of benzene rings is 2. The molecule has 0 saturated heterocycles. The third-order valence-electron chi connectivity index (χ3n) is 2.58. The van der Waals surface area contributed by atoms with Gasteiger partial charge in [-0.05, 0) is 30.3 Å².